The Bertz CT molecular complexity index is 1090. The summed E-state index contributed by atoms with van der Waals surface area (Å²) in [5.41, 5.74) is 1.44. The lowest BCUT2D eigenvalue weighted by atomic mass is 10.1. The van der Waals surface area contributed by atoms with Gasteiger partial charge < -0.3 is 10.4 Å². The van der Waals surface area contributed by atoms with Crippen molar-refractivity contribution in [3.05, 3.63) is 83.4 Å². The van der Waals surface area contributed by atoms with Gasteiger partial charge in [-0.05, 0) is 55.3 Å². The number of aryl methyl sites for hydroxylation is 1. The first-order valence-electron chi connectivity index (χ1n) is 8.32. The maximum atomic E-state index is 13.1. The van der Waals surface area contributed by atoms with Crippen LogP contribution in [-0.2, 0) is 9.84 Å². The zero-order valence-corrected chi connectivity index (χ0v) is 15.7. The molecule has 2 N–H and O–H groups in total. The number of carbonyl (C=O) groups excluding carboxylic acids is 1. The second kappa shape index (κ2) is 7.25. The molecule has 138 valence electrons. The molecule has 0 atom stereocenters. The Morgan fingerprint density at radius 3 is 2.07 bits per heavy atom. The molecule has 0 spiro atoms. The molecular formula is C21H19NO4S. The van der Waals surface area contributed by atoms with Crippen molar-refractivity contribution in [1.82, 2.24) is 0 Å². The molecule has 5 nitrogen and oxygen atoms in total. The predicted molar refractivity (Wildman–Crippen MR) is 104 cm³/mol. The molecule has 3 aromatic rings. The Labute approximate surface area is 158 Å². The highest BCUT2D eigenvalue weighted by atomic mass is 32.2. The van der Waals surface area contributed by atoms with Crippen molar-refractivity contribution >= 4 is 21.4 Å². The van der Waals surface area contributed by atoms with E-state index < -0.39 is 9.84 Å². The third-order valence-corrected chi connectivity index (χ3v) is 6.23. The van der Waals surface area contributed by atoms with Crippen molar-refractivity contribution in [2.24, 2.45) is 0 Å². The van der Waals surface area contributed by atoms with E-state index >= 15 is 0 Å². The van der Waals surface area contributed by atoms with Crippen LogP contribution in [0.1, 0.15) is 21.5 Å². The first-order valence-corrected chi connectivity index (χ1v) is 9.80. The highest BCUT2D eigenvalue weighted by molar-refractivity contribution is 7.91. The van der Waals surface area contributed by atoms with Gasteiger partial charge in [0.1, 0.15) is 10.6 Å². The van der Waals surface area contributed by atoms with Gasteiger partial charge in [-0.3, -0.25) is 4.79 Å². The third kappa shape index (κ3) is 3.57. The topological polar surface area (TPSA) is 83.5 Å². The van der Waals surface area contributed by atoms with Gasteiger partial charge in [0.2, 0.25) is 9.84 Å². The van der Waals surface area contributed by atoms with Crippen LogP contribution in [-0.4, -0.2) is 19.4 Å². The van der Waals surface area contributed by atoms with E-state index in [1.165, 1.54) is 12.1 Å². The minimum atomic E-state index is -3.95. The molecule has 3 rings (SSSR count). The summed E-state index contributed by atoms with van der Waals surface area (Å²) in [6.45, 7) is 3.16. The summed E-state index contributed by atoms with van der Waals surface area (Å²) in [7, 11) is -3.95. The molecule has 0 aliphatic carbocycles. The van der Waals surface area contributed by atoms with E-state index in [2.05, 4.69) is 5.32 Å². The normalized spacial score (nSPS) is 11.2. The zero-order valence-electron chi connectivity index (χ0n) is 14.9. The van der Waals surface area contributed by atoms with Gasteiger partial charge in [0.25, 0.3) is 5.91 Å². The maximum absolute atomic E-state index is 13.1. The van der Waals surface area contributed by atoms with Crippen LogP contribution in [0.5, 0.6) is 5.75 Å². The van der Waals surface area contributed by atoms with Crippen LogP contribution in [0.15, 0.2) is 76.5 Å². The summed E-state index contributed by atoms with van der Waals surface area (Å²) >= 11 is 0. The van der Waals surface area contributed by atoms with E-state index in [9.17, 15) is 18.3 Å². The molecule has 0 aliphatic heterocycles. The lowest BCUT2D eigenvalue weighted by Gasteiger charge is -2.17. The number of phenolic OH excluding ortho intramolecular Hbond substituents is 1. The van der Waals surface area contributed by atoms with Gasteiger partial charge in [-0.2, -0.15) is 0 Å². The summed E-state index contributed by atoms with van der Waals surface area (Å²) in [5, 5.41) is 13.2. The van der Waals surface area contributed by atoms with E-state index in [-0.39, 0.29) is 27.0 Å². The summed E-state index contributed by atoms with van der Waals surface area (Å²) in [6, 6.07) is 18.1. The molecule has 0 radical (unpaired) electrons. The Kier molecular flexibility index (Phi) is 5.01. The van der Waals surface area contributed by atoms with Crippen LogP contribution in [0.3, 0.4) is 0 Å². The van der Waals surface area contributed by atoms with Gasteiger partial charge in [-0.25, -0.2) is 8.42 Å². The molecule has 6 heteroatoms. The van der Waals surface area contributed by atoms with Crippen molar-refractivity contribution in [2.75, 3.05) is 5.32 Å². The summed E-state index contributed by atoms with van der Waals surface area (Å²) in [4.78, 5) is 12.4. The van der Waals surface area contributed by atoms with Gasteiger partial charge in [0.05, 0.1) is 4.90 Å². The molecular weight excluding hydrogens is 362 g/mol. The summed E-state index contributed by atoms with van der Waals surface area (Å²) < 4.78 is 26.1. The van der Waals surface area contributed by atoms with Gasteiger partial charge in [0.15, 0.2) is 0 Å². The number of nitrogens with one attached hydrogen (secondary N) is 1. The monoisotopic (exact) mass is 381 g/mol. The lowest BCUT2D eigenvalue weighted by molar-refractivity contribution is 0.102. The molecule has 0 fully saturated rings. The fourth-order valence-electron chi connectivity index (χ4n) is 2.83. The van der Waals surface area contributed by atoms with Crippen LogP contribution in [0.4, 0.5) is 5.69 Å². The number of aromatic hydroxyl groups is 1. The number of carbonyl (C=O) groups is 1. The second-order valence-electron chi connectivity index (χ2n) is 6.18. The van der Waals surface area contributed by atoms with Gasteiger partial charge in [-0.1, -0.05) is 36.4 Å². The zero-order chi connectivity index (χ0) is 19.6. The summed E-state index contributed by atoms with van der Waals surface area (Å²) in [5.74, 6) is -0.666. The molecule has 0 aliphatic rings. The Hall–Kier alpha value is -3.12. The van der Waals surface area contributed by atoms with Gasteiger partial charge >= 0.3 is 0 Å². The summed E-state index contributed by atoms with van der Waals surface area (Å²) in [6.07, 6.45) is 0. The largest absolute Gasteiger partial charge is 0.506 e. The van der Waals surface area contributed by atoms with Crippen molar-refractivity contribution in [3.8, 4) is 5.75 Å². The third-order valence-electron chi connectivity index (χ3n) is 4.30. The highest BCUT2D eigenvalue weighted by Crippen LogP contribution is 2.38. The standard InChI is InChI=1S/C21H19NO4S/c1-14-13-18(22-21(24)16-9-5-3-6-10-16)15(2)20(19(14)23)27(25,26)17-11-7-4-8-12-17/h3-13,23H,1-2H3,(H,22,24). The average Bonchev–Trinajstić information content (AvgIpc) is 2.67. The van der Waals surface area contributed by atoms with Gasteiger partial charge in [0, 0.05) is 11.3 Å². The van der Waals surface area contributed by atoms with Crippen molar-refractivity contribution in [3.63, 3.8) is 0 Å². The minimum absolute atomic E-state index is 0.0781. The Morgan fingerprint density at radius 1 is 0.926 bits per heavy atom. The highest BCUT2D eigenvalue weighted by Gasteiger charge is 2.27. The van der Waals surface area contributed by atoms with E-state index in [4.69, 9.17) is 0 Å². The maximum Gasteiger partial charge on any atom is 0.255 e. The molecule has 0 saturated heterocycles. The van der Waals surface area contributed by atoms with Crippen molar-refractivity contribution in [2.45, 2.75) is 23.6 Å². The molecule has 0 bridgehead atoms. The second-order valence-corrected chi connectivity index (χ2v) is 8.07. The Morgan fingerprint density at radius 2 is 1.48 bits per heavy atom. The first-order chi connectivity index (χ1) is 12.8. The average molecular weight is 381 g/mol. The van der Waals surface area contributed by atoms with E-state index in [1.54, 1.807) is 68.4 Å². The fraction of sp³-hybridized carbons (Fsp3) is 0.0952. The lowest BCUT2D eigenvalue weighted by Crippen LogP contribution is -2.15. The number of sulfone groups is 1. The van der Waals surface area contributed by atoms with Crippen LogP contribution < -0.4 is 5.32 Å². The molecule has 0 aromatic heterocycles. The molecule has 3 aromatic carbocycles. The van der Waals surface area contributed by atoms with E-state index in [0.29, 0.717) is 16.8 Å². The molecule has 0 heterocycles. The number of rotatable bonds is 4. The molecule has 1 amide bonds. The molecule has 27 heavy (non-hydrogen) atoms. The van der Waals surface area contributed by atoms with Crippen molar-refractivity contribution in [1.29, 1.82) is 0 Å². The van der Waals surface area contributed by atoms with Gasteiger partial charge in [-0.15, -0.1) is 0 Å². The number of hydrogen-bond acceptors (Lipinski definition) is 4. The number of benzene rings is 3. The quantitative estimate of drug-likeness (QED) is 0.667. The van der Waals surface area contributed by atoms with E-state index in [0.717, 1.165) is 0 Å². The van der Waals surface area contributed by atoms with Crippen LogP contribution in [0.25, 0.3) is 0 Å². The minimum Gasteiger partial charge on any atom is -0.506 e. The Balaban J connectivity index is 2.10. The van der Waals surface area contributed by atoms with Crippen molar-refractivity contribution < 1.29 is 18.3 Å². The van der Waals surface area contributed by atoms with Crippen LogP contribution in [0, 0.1) is 13.8 Å². The predicted octanol–water partition coefficient (Wildman–Crippen LogP) is 4.09. The first kappa shape index (κ1) is 18.7. The molecule has 0 unspecified atom stereocenters. The number of amides is 1. The smallest absolute Gasteiger partial charge is 0.255 e. The number of phenols is 1. The van der Waals surface area contributed by atoms with Crippen LogP contribution in [0.2, 0.25) is 0 Å². The fourth-order valence-corrected chi connectivity index (χ4v) is 4.51. The molecule has 0 saturated carbocycles. The van der Waals surface area contributed by atoms with Crippen LogP contribution >= 0.6 is 0 Å². The SMILES string of the molecule is Cc1cc(NC(=O)c2ccccc2)c(C)c(S(=O)(=O)c2ccccc2)c1O. The number of anilines is 1. The van der Waals surface area contributed by atoms with E-state index in [1.807, 2.05) is 0 Å². The number of hydrogen-bond donors (Lipinski definition) is 2.